The second-order valence-electron chi connectivity index (χ2n) is 7.56. The van der Waals surface area contributed by atoms with Crippen LogP contribution in [0.2, 0.25) is 0 Å². The van der Waals surface area contributed by atoms with Crippen molar-refractivity contribution in [3.63, 3.8) is 0 Å². The molecule has 2 heterocycles. The number of ether oxygens (including phenoxy) is 1. The number of aromatic amines is 1. The van der Waals surface area contributed by atoms with Crippen LogP contribution in [0.4, 0.5) is 0 Å². The van der Waals surface area contributed by atoms with Crippen molar-refractivity contribution in [3.05, 3.63) is 32.6 Å². The lowest BCUT2D eigenvalue weighted by Gasteiger charge is -2.21. The van der Waals surface area contributed by atoms with Crippen LogP contribution in [0.15, 0.2) is 15.8 Å². The summed E-state index contributed by atoms with van der Waals surface area (Å²) < 4.78 is 6.49. The fourth-order valence-corrected chi connectivity index (χ4v) is 3.48. The zero-order valence-corrected chi connectivity index (χ0v) is 17.7. The average Bonchev–Trinajstić information content (AvgIpc) is 3.12. The number of carbonyl (C=O) groups excluding carboxylic acids is 1. The van der Waals surface area contributed by atoms with Gasteiger partial charge in [-0.3, -0.25) is 19.1 Å². The molecular weight excluding hydrogens is 408 g/mol. The molecule has 3 atom stereocenters. The van der Waals surface area contributed by atoms with E-state index in [2.05, 4.69) is 15.2 Å². The maximum absolute atomic E-state index is 12.5. The summed E-state index contributed by atoms with van der Waals surface area (Å²) in [6.45, 7) is 3.63. The molecule has 0 saturated carbocycles. The van der Waals surface area contributed by atoms with Crippen molar-refractivity contribution in [2.45, 2.75) is 44.1 Å². The fraction of sp³-hybridized carbons (Fsp3) is 0.737. The van der Waals surface area contributed by atoms with E-state index in [1.807, 2.05) is 0 Å². The Morgan fingerprint density at radius 2 is 1.87 bits per heavy atom. The van der Waals surface area contributed by atoms with Gasteiger partial charge in [0.25, 0.3) is 11.5 Å². The molecule has 176 valence electrons. The normalized spacial score (nSPS) is 21.0. The monoisotopic (exact) mass is 442 g/mol. The third kappa shape index (κ3) is 7.23. The molecule has 31 heavy (non-hydrogen) atoms. The van der Waals surface area contributed by atoms with Crippen molar-refractivity contribution >= 4 is 5.91 Å². The minimum absolute atomic E-state index is 0.0552. The van der Waals surface area contributed by atoms with Crippen LogP contribution in [-0.2, 0) is 4.74 Å². The number of rotatable bonds is 13. The van der Waals surface area contributed by atoms with E-state index in [9.17, 15) is 24.6 Å². The van der Waals surface area contributed by atoms with E-state index in [0.29, 0.717) is 26.1 Å². The molecule has 1 aromatic rings. The second-order valence-corrected chi connectivity index (χ2v) is 7.56. The summed E-state index contributed by atoms with van der Waals surface area (Å²) in [7, 11) is 0. The number of aliphatic hydroxyl groups excluding tert-OH is 2. The van der Waals surface area contributed by atoms with Gasteiger partial charge in [0.05, 0.1) is 12.7 Å². The maximum Gasteiger partial charge on any atom is 0.330 e. The van der Waals surface area contributed by atoms with E-state index in [4.69, 9.17) is 16.2 Å². The highest BCUT2D eigenvalue weighted by atomic mass is 16.5. The van der Waals surface area contributed by atoms with Crippen molar-refractivity contribution in [2.24, 2.45) is 11.5 Å². The highest BCUT2D eigenvalue weighted by molar-refractivity contribution is 5.93. The third-order valence-corrected chi connectivity index (χ3v) is 5.20. The molecule has 1 aliphatic rings. The van der Waals surface area contributed by atoms with Crippen LogP contribution < -0.4 is 28.0 Å². The van der Waals surface area contributed by atoms with Gasteiger partial charge in [-0.25, -0.2) is 4.79 Å². The quantitative estimate of drug-likeness (QED) is 0.177. The van der Waals surface area contributed by atoms with Crippen LogP contribution in [0.25, 0.3) is 0 Å². The first kappa shape index (κ1) is 25.2. The van der Waals surface area contributed by atoms with Gasteiger partial charge in [0, 0.05) is 19.2 Å². The van der Waals surface area contributed by atoms with Gasteiger partial charge in [0.15, 0.2) is 0 Å². The van der Waals surface area contributed by atoms with Crippen LogP contribution in [0.3, 0.4) is 0 Å². The SMILES string of the molecule is NCCCN(CCCN)CCCNC(=O)c1cn([C@@H]2CC(O)[C@H](CO)O2)c(=O)[nH]c1=O. The fourth-order valence-electron chi connectivity index (χ4n) is 3.48. The van der Waals surface area contributed by atoms with Crippen LogP contribution in [-0.4, -0.2) is 88.7 Å². The molecule has 0 radical (unpaired) electrons. The van der Waals surface area contributed by atoms with Crippen LogP contribution in [0.1, 0.15) is 42.3 Å². The summed E-state index contributed by atoms with van der Waals surface area (Å²) in [4.78, 5) is 41.1. The van der Waals surface area contributed by atoms with Gasteiger partial charge >= 0.3 is 5.69 Å². The zero-order chi connectivity index (χ0) is 22.8. The number of aliphatic hydroxyl groups is 2. The van der Waals surface area contributed by atoms with Gasteiger partial charge in [-0.1, -0.05) is 0 Å². The van der Waals surface area contributed by atoms with Gasteiger partial charge in [0.2, 0.25) is 0 Å². The molecule has 1 amide bonds. The van der Waals surface area contributed by atoms with Gasteiger partial charge in [-0.2, -0.15) is 0 Å². The summed E-state index contributed by atoms with van der Waals surface area (Å²) in [5.41, 5.74) is 9.35. The number of hydrogen-bond acceptors (Lipinski definition) is 9. The van der Waals surface area contributed by atoms with E-state index in [1.54, 1.807) is 0 Å². The number of nitrogens with one attached hydrogen (secondary N) is 2. The first-order valence-corrected chi connectivity index (χ1v) is 10.6. The van der Waals surface area contributed by atoms with E-state index in [-0.39, 0.29) is 12.0 Å². The van der Waals surface area contributed by atoms with Gasteiger partial charge in [-0.15, -0.1) is 0 Å². The van der Waals surface area contributed by atoms with Gasteiger partial charge < -0.3 is 36.6 Å². The molecule has 1 aliphatic heterocycles. The Hall–Kier alpha value is -2.09. The van der Waals surface area contributed by atoms with Crippen molar-refractivity contribution in [1.29, 1.82) is 0 Å². The lowest BCUT2D eigenvalue weighted by atomic mass is 10.2. The van der Waals surface area contributed by atoms with Crippen LogP contribution >= 0.6 is 0 Å². The van der Waals surface area contributed by atoms with Crippen LogP contribution in [0.5, 0.6) is 0 Å². The summed E-state index contributed by atoms with van der Waals surface area (Å²) in [6.07, 6.45) is 0.944. The maximum atomic E-state index is 12.5. The first-order valence-electron chi connectivity index (χ1n) is 10.6. The Morgan fingerprint density at radius 3 is 2.45 bits per heavy atom. The molecule has 1 unspecified atom stereocenters. The van der Waals surface area contributed by atoms with E-state index in [1.165, 1.54) is 0 Å². The molecule has 1 aromatic heterocycles. The lowest BCUT2D eigenvalue weighted by molar-refractivity contribution is -0.0459. The number of nitrogens with two attached hydrogens (primary N) is 2. The van der Waals surface area contributed by atoms with Crippen molar-refractivity contribution in [2.75, 3.05) is 45.9 Å². The predicted molar refractivity (Wildman–Crippen MR) is 114 cm³/mol. The summed E-state index contributed by atoms with van der Waals surface area (Å²) in [5, 5.41) is 21.8. The van der Waals surface area contributed by atoms with Gasteiger partial charge in [0.1, 0.15) is 17.9 Å². The molecule has 8 N–H and O–H groups in total. The average molecular weight is 443 g/mol. The predicted octanol–water partition coefficient (Wildman–Crippen LogP) is -2.70. The van der Waals surface area contributed by atoms with E-state index in [0.717, 1.165) is 43.2 Å². The first-order chi connectivity index (χ1) is 14.9. The zero-order valence-electron chi connectivity index (χ0n) is 17.7. The van der Waals surface area contributed by atoms with Gasteiger partial charge in [-0.05, 0) is 52.0 Å². The number of carbonyl (C=O) groups is 1. The largest absolute Gasteiger partial charge is 0.394 e. The third-order valence-electron chi connectivity index (χ3n) is 5.20. The summed E-state index contributed by atoms with van der Waals surface area (Å²) >= 11 is 0. The molecule has 0 bridgehead atoms. The molecule has 0 aromatic carbocycles. The molecule has 12 heteroatoms. The Kier molecular flexibility index (Phi) is 10.3. The number of aromatic nitrogens is 2. The Bertz CT molecular complexity index is 804. The van der Waals surface area contributed by atoms with Crippen molar-refractivity contribution < 1.29 is 19.7 Å². The molecule has 0 spiro atoms. The highest BCUT2D eigenvalue weighted by Crippen LogP contribution is 2.27. The lowest BCUT2D eigenvalue weighted by Crippen LogP contribution is -2.39. The summed E-state index contributed by atoms with van der Waals surface area (Å²) in [5.74, 6) is -0.609. The van der Waals surface area contributed by atoms with Crippen LogP contribution in [0, 0.1) is 0 Å². The molecule has 12 nitrogen and oxygen atoms in total. The Labute approximate surface area is 180 Å². The topological polar surface area (TPSA) is 189 Å². The Morgan fingerprint density at radius 1 is 1.23 bits per heavy atom. The minimum Gasteiger partial charge on any atom is -0.394 e. The molecule has 1 fully saturated rings. The number of amides is 1. The molecular formula is C19H34N6O6. The summed E-state index contributed by atoms with van der Waals surface area (Å²) in [6, 6.07) is 0. The highest BCUT2D eigenvalue weighted by Gasteiger charge is 2.35. The second kappa shape index (κ2) is 12.7. The molecule has 1 saturated heterocycles. The van der Waals surface area contributed by atoms with E-state index >= 15 is 0 Å². The smallest absolute Gasteiger partial charge is 0.330 e. The molecule has 0 aliphatic carbocycles. The minimum atomic E-state index is -0.951. The van der Waals surface area contributed by atoms with Crippen molar-refractivity contribution in [1.82, 2.24) is 19.8 Å². The standard InChI is InChI=1S/C19H34N6O6/c20-4-1-7-24(8-2-5-21)9-3-6-22-17(28)13-11-25(19(30)23-18(13)29)16-10-14(27)15(12-26)31-16/h11,14-16,26-27H,1-10,12,20-21H2,(H,22,28)(H,23,29,30)/t14?,15-,16-/m0/s1. The van der Waals surface area contributed by atoms with E-state index < -0.39 is 42.2 Å². The molecule has 2 rings (SSSR count). The number of hydrogen-bond donors (Lipinski definition) is 6. The number of H-pyrrole nitrogens is 1. The van der Waals surface area contributed by atoms with Crippen molar-refractivity contribution in [3.8, 4) is 0 Å². The Balaban J connectivity index is 1.95. The number of nitrogens with zero attached hydrogens (tertiary/aromatic N) is 2.